The molecule has 0 fully saturated rings. The van der Waals surface area contributed by atoms with Crippen molar-refractivity contribution in [1.29, 1.82) is 0 Å². The van der Waals surface area contributed by atoms with Crippen LogP contribution in [-0.4, -0.2) is 27.0 Å². The number of carbonyl (C=O) groups excluding carboxylic acids is 1. The number of nitrogens with zero attached hydrogens (tertiary/aromatic N) is 3. The fourth-order valence-corrected chi connectivity index (χ4v) is 2.78. The number of hydrogen-bond acceptors (Lipinski definition) is 4. The first-order chi connectivity index (χ1) is 13.0. The molecule has 0 spiro atoms. The first-order valence-electron chi connectivity index (χ1n) is 8.57. The maximum Gasteiger partial charge on any atom is 0.262 e. The van der Waals surface area contributed by atoms with Gasteiger partial charge in [0.2, 0.25) is 0 Å². The molecule has 3 heterocycles. The molecule has 130 valence electrons. The van der Waals surface area contributed by atoms with Crippen molar-refractivity contribution < 1.29 is 13.3 Å². The van der Waals surface area contributed by atoms with Gasteiger partial charge in [-0.15, -0.1) is 0 Å². The van der Waals surface area contributed by atoms with Gasteiger partial charge in [-0.2, -0.15) is 0 Å². The molecule has 0 aliphatic rings. The lowest BCUT2D eigenvalue weighted by Gasteiger charge is -2.10. The van der Waals surface area contributed by atoms with Crippen LogP contribution in [0.1, 0.15) is 14.5 Å². The summed E-state index contributed by atoms with van der Waals surface area (Å²) in [4.78, 5) is 28.6. The van der Waals surface area contributed by atoms with Crippen molar-refractivity contribution in [3.05, 3.63) is 51.5 Å². The molecule has 7 nitrogen and oxygen atoms in total. The van der Waals surface area contributed by atoms with E-state index in [1.165, 1.54) is 23.9 Å². The Labute approximate surface area is 151 Å². The minimum atomic E-state index is -2.70. The van der Waals surface area contributed by atoms with Gasteiger partial charge in [0.15, 0.2) is 5.82 Å². The number of hydrogen-bond donors (Lipinski definition) is 2. The van der Waals surface area contributed by atoms with Crippen molar-refractivity contribution in [1.82, 2.24) is 19.4 Å². The zero-order valence-corrected chi connectivity index (χ0v) is 14.0. The van der Waals surface area contributed by atoms with E-state index < -0.39 is 24.3 Å². The van der Waals surface area contributed by atoms with Gasteiger partial charge in [0, 0.05) is 43.8 Å². The molecule has 0 atom stereocenters. The molecule has 2 N–H and O–H groups in total. The van der Waals surface area contributed by atoms with Crippen molar-refractivity contribution in [2.75, 3.05) is 12.3 Å². The number of nitrogens with one attached hydrogen (secondary N) is 2. The van der Waals surface area contributed by atoms with E-state index in [-0.39, 0.29) is 33.0 Å². The van der Waals surface area contributed by atoms with Gasteiger partial charge in [0.1, 0.15) is 5.15 Å². The van der Waals surface area contributed by atoms with Crippen molar-refractivity contribution >= 4 is 39.8 Å². The third-order valence-electron chi connectivity index (χ3n) is 3.75. The highest BCUT2D eigenvalue weighted by Crippen LogP contribution is 2.29. The average Bonchev–Trinajstić information content (AvgIpc) is 2.88. The summed E-state index contributed by atoms with van der Waals surface area (Å²) in [6.45, 7) is -2.70. The number of aromatic nitrogens is 3. The smallest absolute Gasteiger partial charge is 0.262 e. The van der Waals surface area contributed by atoms with Crippen LogP contribution < -0.4 is 16.2 Å². The fourth-order valence-electron chi connectivity index (χ4n) is 2.62. The molecular weight excluding hydrogens is 349 g/mol. The first kappa shape index (κ1) is 13.4. The summed E-state index contributed by atoms with van der Waals surface area (Å²) in [5.41, 5.74) is -0.137. The average molecular weight is 367 g/mol. The molecule has 0 aromatic carbocycles. The Morgan fingerprint density at radius 1 is 1.32 bits per heavy atom. The summed E-state index contributed by atoms with van der Waals surface area (Å²) in [6, 6.07) is 1.30. The van der Waals surface area contributed by atoms with Crippen LogP contribution in [0.3, 0.4) is 0 Å². The Bertz CT molecular complexity index is 1160. The van der Waals surface area contributed by atoms with Gasteiger partial charge in [-0.05, 0) is 6.07 Å². The standard InChI is InChI=1S/C16H15ClFN5O2/c1-19-15(24)8-5-20-12(17)4-10(8)21-11-7-22(2)14-9(18)6-23(3)16(25)13(11)14/h4-7H,1-3H3,(H,19,24)(H,20,21)/i1D3. The molecule has 25 heavy (non-hydrogen) atoms. The van der Waals surface area contributed by atoms with Crippen LogP contribution >= 0.6 is 11.6 Å². The lowest BCUT2D eigenvalue weighted by atomic mass is 10.2. The second kappa shape index (κ2) is 6.21. The van der Waals surface area contributed by atoms with Crippen LogP contribution in [-0.2, 0) is 14.1 Å². The van der Waals surface area contributed by atoms with Gasteiger partial charge in [-0.1, -0.05) is 11.6 Å². The van der Waals surface area contributed by atoms with E-state index in [0.717, 1.165) is 17.0 Å². The van der Waals surface area contributed by atoms with Crippen molar-refractivity contribution in [2.24, 2.45) is 14.1 Å². The molecule has 0 aliphatic heterocycles. The van der Waals surface area contributed by atoms with Crippen molar-refractivity contribution in [3.8, 4) is 0 Å². The van der Waals surface area contributed by atoms with Gasteiger partial charge < -0.3 is 19.8 Å². The summed E-state index contributed by atoms with van der Waals surface area (Å²) >= 11 is 5.90. The topological polar surface area (TPSA) is 81.0 Å². The predicted octanol–water partition coefficient (Wildman–Crippen LogP) is 2.17. The lowest BCUT2D eigenvalue weighted by molar-refractivity contribution is 0.0963. The van der Waals surface area contributed by atoms with Crippen LogP contribution in [0.15, 0.2) is 29.5 Å². The molecule has 0 saturated heterocycles. The van der Waals surface area contributed by atoms with E-state index in [9.17, 15) is 14.0 Å². The van der Waals surface area contributed by atoms with Crippen LogP contribution in [0.4, 0.5) is 15.8 Å². The maximum atomic E-state index is 14.3. The van der Waals surface area contributed by atoms with Gasteiger partial charge in [0.25, 0.3) is 11.5 Å². The minimum absolute atomic E-state index is 0.0345. The summed E-state index contributed by atoms with van der Waals surface area (Å²) in [7, 11) is 2.98. The predicted molar refractivity (Wildman–Crippen MR) is 94.0 cm³/mol. The third-order valence-corrected chi connectivity index (χ3v) is 3.95. The Kier molecular flexibility index (Phi) is 3.33. The highest BCUT2D eigenvalue weighted by Gasteiger charge is 2.18. The van der Waals surface area contributed by atoms with Gasteiger partial charge in [-0.3, -0.25) is 9.59 Å². The monoisotopic (exact) mass is 366 g/mol. The first-order valence-corrected chi connectivity index (χ1v) is 7.45. The highest BCUT2D eigenvalue weighted by molar-refractivity contribution is 6.29. The fraction of sp³-hybridized carbons (Fsp3) is 0.188. The normalized spacial score (nSPS) is 13.2. The molecule has 0 aliphatic carbocycles. The number of amides is 1. The SMILES string of the molecule is [2H]C([2H])([2H])NC(=O)c1cnc(Cl)cc1Nc1cn(C)c2c(F)cn(C)c(=O)c12. The molecule has 0 unspecified atom stereocenters. The Balaban J connectivity index is 2.14. The number of carbonyl (C=O) groups is 1. The molecule has 0 bridgehead atoms. The molecule has 1 amide bonds. The Morgan fingerprint density at radius 3 is 2.80 bits per heavy atom. The van der Waals surface area contributed by atoms with Crippen molar-refractivity contribution in [2.45, 2.75) is 0 Å². The summed E-state index contributed by atoms with van der Waals surface area (Å²) in [6.07, 6.45) is 3.66. The van der Waals surface area contributed by atoms with Gasteiger partial charge >= 0.3 is 0 Å². The van der Waals surface area contributed by atoms with Crippen LogP contribution in [0.5, 0.6) is 0 Å². The molecule has 3 aromatic heterocycles. The molecule has 9 heteroatoms. The zero-order chi connectivity index (χ0) is 20.8. The van der Waals surface area contributed by atoms with Crippen molar-refractivity contribution in [3.63, 3.8) is 0 Å². The van der Waals surface area contributed by atoms with Crippen LogP contribution in [0, 0.1) is 5.82 Å². The Morgan fingerprint density at radius 2 is 2.08 bits per heavy atom. The van der Waals surface area contributed by atoms with Crippen LogP contribution in [0.25, 0.3) is 10.9 Å². The number of anilines is 2. The van der Waals surface area contributed by atoms with E-state index in [0.29, 0.717) is 0 Å². The molecule has 3 rings (SSSR count). The zero-order valence-electron chi connectivity index (χ0n) is 16.2. The lowest BCUT2D eigenvalue weighted by Crippen LogP contribution is -2.20. The van der Waals surface area contributed by atoms with E-state index in [1.54, 1.807) is 7.05 Å². The third kappa shape index (κ3) is 2.85. The van der Waals surface area contributed by atoms with E-state index in [4.69, 9.17) is 15.7 Å². The number of aryl methyl sites for hydroxylation is 2. The number of rotatable bonds is 3. The van der Waals surface area contributed by atoms with Gasteiger partial charge in [0.05, 0.1) is 27.8 Å². The molecule has 0 radical (unpaired) electrons. The minimum Gasteiger partial charge on any atom is -0.355 e. The van der Waals surface area contributed by atoms with E-state index in [1.807, 2.05) is 5.32 Å². The molecule has 3 aromatic rings. The summed E-state index contributed by atoms with van der Waals surface area (Å²) < 4.78 is 38.4. The second-order valence-electron chi connectivity index (χ2n) is 5.40. The van der Waals surface area contributed by atoms with Gasteiger partial charge in [-0.25, -0.2) is 9.37 Å². The number of halogens is 2. The quantitative estimate of drug-likeness (QED) is 0.696. The Hall–Kier alpha value is -2.87. The molecule has 0 saturated carbocycles. The largest absolute Gasteiger partial charge is 0.355 e. The number of pyridine rings is 2. The highest BCUT2D eigenvalue weighted by atomic mass is 35.5. The summed E-state index contributed by atoms with van der Waals surface area (Å²) in [5.74, 6) is -1.51. The summed E-state index contributed by atoms with van der Waals surface area (Å²) in [5, 5.41) is 4.83. The maximum absolute atomic E-state index is 14.3. The molecular formula is C16H15ClFN5O2. The second-order valence-corrected chi connectivity index (χ2v) is 5.79. The van der Waals surface area contributed by atoms with Crippen LogP contribution in [0.2, 0.25) is 5.15 Å². The number of fused-ring (bicyclic) bond motifs is 1. The van der Waals surface area contributed by atoms with E-state index >= 15 is 0 Å². The van der Waals surface area contributed by atoms with E-state index in [2.05, 4.69) is 10.3 Å².